The number of hydrogen-bond donors (Lipinski definition) is 3. The molecule has 7 nitrogen and oxygen atoms in total. The van der Waals surface area contributed by atoms with E-state index < -0.39 is 9.84 Å². The van der Waals surface area contributed by atoms with Crippen molar-refractivity contribution in [2.75, 3.05) is 24.6 Å². The monoisotopic (exact) mass is 512 g/mol. The second-order valence-corrected chi connectivity index (χ2v) is 10.4. The lowest BCUT2D eigenvalue weighted by Crippen LogP contribution is -2.54. The van der Waals surface area contributed by atoms with Crippen molar-refractivity contribution in [3.63, 3.8) is 0 Å². The predicted molar refractivity (Wildman–Crippen MR) is 118 cm³/mol. The van der Waals surface area contributed by atoms with E-state index in [9.17, 15) is 13.2 Å². The lowest BCUT2D eigenvalue weighted by molar-refractivity contribution is -0.122. The summed E-state index contributed by atoms with van der Waals surface area (Å²) in [7, 11) is -2.87. The van der Waals surface area contributed by atoms with Gasteiger partial charge in [-0.2, -0.15) is 0 Å². The number of nitrogens with one attached hydrogen (secondary N) is 3. The zero-order valence-corrected chi connectivity index (χ0v) is 19.2. The van der Waals surface area contributed by atoms with E-state index in [-0.39, 0.29) is 53.3 Å². The fourth-order valence-electron chi connectivity index (χ4n) is 4.13. The van der Waals surface area contributed by atoms with Gasteiger partial charge in [0.25, 0.3) is 0 Å². The minimum atomic E-state index is -2.87. The summed E-state index contributed by atoms with van der Waals surface area (Å²) in [5, 5.41) is 9.94. The number of sulfone groups is 1. The normalized spacial score (nSPS) is 33.7. The smallest absolute Gasteiger partial charge is 0.220 e. The number of aliphatic imine (C=N–C) groups is 1. The lowest BCUT2D eigenvalue weighted by atomic mass is 9.86. The summed E-state index contributed by atoms with van der Waals surface area (Å²) in [5.74, 6) is 2.14. The van der Waals surface area contributed by atoms with Crippen LogP contribution in [0.25, 0.3) is 0 Å². The molecule has 4 atom stereocenters. The summed E-state index contributed by atoms with van der Waals surface area (Å²) >= 11 is 0. The summed E-state index contributed by atoms with van der Waals surface area (Å²) in [6, 6.07) is 0.575. The minimum Gasteiger partial charge on any atom is -0.354 e. The standard InChI is InChI=1S/C18H32N4O3S.HI/c1-13-4-2-3-5-16(13)22-18(21-15-6-7-17(23)19-11-15)20-10-14-8-9-26(24,25)12-14;/h13-16H,2-12H2,1H3,(H,19,23)(H2,20,21,22);1H. The maximum atomic E-state index is 11.7. The van der Waals surface area contributed by atoms with Crippen molar-refractivity contribution in [2.45, 2.75) is 64.0 Å². The Morgan fingerprint density at radius 1 is 1.19 bits per heavy atom. The van der Waals surface area contributed by atoms with Crippen molar-refractivity contribution < 1.29 is 13.2 Å². The molecule has 2 heterocycles. The van der Waals surface area contributed by atoms with Crippen molar-refractivity contribution in [1.29, 1.82) is 0 Å². The van der Waals surface area contributed by atoms with Gasteiger partial charge < -0.3 is 16.0 Å². The van der Waals surface area contributed by atoms with E-state index in [4.69, 9.17) is 4.99 Å². The zero-order valence-electron chi connectivity index (χ0n) is 16.1. The number of amides is 1. The Labute approximate surface area is 179 Å². The van der Waals surface area contributed by atoms with E-state index >= 15 is 0 Å². The van der Waals surface area contributed by atoms with Gasteiger partial charge in [0.2, 0.25) is 5.91 Å². The van der Waals surface area contributed by atoms with Crippen LogP contribution in [0.1, 0.15) is 51.9 Å². The van der Waals surface area contributed by atoms with Crippen LogP contribution in [0, 0.1) is 11.8 Å². The molecule has 2 aliphatic heterocycles. The first-order valence-corrected chi connectivity index (χ1v) is 11.8. The summed E-state index contributed by atoms with van der Waals surface area (Å²) in [4.78, 5) is 16.1. The molecule has 0 aromatic heterocycles. The number of piperidine rings is 1. The molecule has 9 heteroatoms. The first-order chi connectivity index (χ1) is 12.4. The Balaban J connectivity index is 0.00000261. The quantitative estimate of drug-likeness (QED) is 0.301. The highest BCUT2D eigenvalue weighted by Gasteiger charge is 2.28. The molecule has 3 fully saturated rings. The highest BCUT2D eigenvalue weighted by Crippen LogP contribution is 2.24. The van der Waals surface area contributed by atoms with E-state index in [1.165, 1.54) is 19.3 Å². The molecule has 0 bridgehead atoms. The van der Waals surface area contributed by atoms with Crippen molar-refractivity contribution >= 4 is 45.7 Å². The van der Waals surface area contributed by atoms with Gasteiger partial charge in [-0.1, -0.05) is 19.8 Å². The number of carbonyl (C=O) groups is 1. The van der Waals surface area contributed by atoms with Gasteiger partial charge in [-0.05, 0) is 37.5 Å². The van der Waals surface area contributed by atoms with Crippen LogP contribution in [0.4, 0.5) is 0 Å². The number of guanidine groups is 1. The van der Waals surface area contributed by atoms with Gasteiger partial charge in [0.15, 0.2) is 15.8 Å². The molecule has 3 aliphatic rings. The van der Waals surface area contributed by atoms with Gasteiger partial charge in [-0.3, -0.25) is 9.79 Å². The predicted octanol–water partition coefficient (Wildman–Crippen LogP) is 1.43. The van der Waals surface area contributed by atoms with E-state index in [2.05, 4.69) is 22.9 Å². The Kier molecular flexibility index (Phi) is 8.64. The average molecular weight is 512 g/mol. The van der Waals surface area contributed by atoms with Gasteiger partial charge in [-0.25, -0.2) is 8.42 Å². The highest BCUT2D eigenvalue weighted by molar-refractivity contribution is 14.0. The second-order valence-electron chi connectivity index (χ2n) is 8.15. The molecule has 1 amide bonds. The molecule has 0 aromatic carbocycles. The molecule has 3 N–H and O–H groups in total. The Morgan fingerprint density at radius 3 is 2.59 bits per heavy atom. The lowest BCUT2D eigenvalue weighted by Gasteiger charge is -2.33. The summed E-state index contributed by atoms with van der Waals surface area (Å²) in [6.07, 6.45) is 6.92. The molecule has 1 saturated carbocycles. The fourth-order valence-corrected chi connectivity index (χ4v) is 5.97. The van der Waals surface area contributed by atoms with Crippen LogP contribution in [0.5, 0.6) is 0 Å². The topological polar surface area (TPSA) is 99.7 Å². The van der Waals surface area contributed by atoms with Gasteiger partial charge in [0.05, 0.1) is 11.5 Å². The van der Waals surface area contributed by atoms with Crippen LogP contribution in [0.15, 0.2) is 4.99 Å². The first-order valence-electron chi connectivity index (χ1n) is 9.96. The Morgan fingerprint density at radius 2 is 1.96 bits per heavy atom. The van der Waals surface area contributed by atoms with Crippen LogP contribution in [0.3, 0.4) is 0 Å². The van der Waals surface area contributed by atoms with Crippen LogP contribution in [-0.4, -0.2) is 57.0 Å². The highest BCUT2D eigenvalue weighted by atomic mass is 127. The van der Waals surface area contributed by atoms with E-state index in [0.29, 0.717) is 37.9 Å². The largest absolute Gasteiger partial charge is 0.354 e. The number of halogens is 1. The van der Waals surface area contributed by atoms with Crippen molar-refractivity contribution in [2.24, 2.45) is 16.8 Å². The van der Waals surface area contributed by atoms with Crippen LogP contribution >= 0.6 is 24.0 Å². The van der Waals surface area contributed by atoms with Crippen molar-refractivity contribution in [1.82, 2.24) is 16.0 Å². The molecule has 2 saturated heterocycles. The number of hydrogen-bond acceptors (Lipinski definition) is 4. The summed E-state index contributed by atoms with van der Waals surface area (Å²) in [6.45, 7) is 3.42. The SMILES string of the molecule is CC1CCCCC1NC(=NCC1CCS(=O)(=O)C1)NC1CCC(=O)NC1.I. The van der Waals surface area contributed by atoms with Gasteiger partial charge >= 0.3 is 0 Å². The molecule has 27 heavy (non-hydrogen) atoms. The minimum absolute atomic E-state index is 0. The van der Waals surface area contributed by atoms with E-state index in [1.54, 1.807) is 0 Å². The number of carbonyl (C=O) groups excluding carboxylic acids is 1. The van der Waals surface area contributed by atoms with Crippen LogP contribution < -0.4 is 16.0 Å². The molecule has 4 unspecified atom stereocenters. The van der Waals surface area contributed by atoms with Crippen LogP contribution in [-0.2, 0) is 14.6 Å². The van der Waals surface area contributed by atoms with Gasteiger partial charge in [-0.15, -0.1) is 24.0 Å². The number of rotatable bonds is 4. The molecule has 3 rings (SSSR count). The van der Waals surface area contributed by atoms with E-state index in [0.717, 1.165) is 18.8 Å². The maximum Gasteiger partial charge on any atom is 0.220 e. The third-order valence-electron chi connectivity index (χ3n) is 5.87. The molecule has 156 valence electrons. The Hall–Kier alpha value is -0.580. The third kappa shape index (κ3) is 7.07. The summed E-state index contributed by atoms with van der Waals surface area (Å²) in [5.41, 5.74) is 0. The molecule has 0 aromatic rings. The third-order valence-corrected chi connectivity index (χ3v) is 7.71. The second kappa shape index (κ2) is 10.3. The van der Waals surface area contributed by atoms with Crippen molar-refractivity contribution in [3.05, 3.63) is 0 Å². The molecule has 1 aliphatic carbocycles. The average Bonchev–Trinajstić information content (AvgIpc) is 2.96. The molecular formula is C18H33IN4O3S. The molecule has 0 spiro atoms. The first kappa shape index (κ1) is 22.7. The zero-order chi connectivity index (χ0) is 18.6. The molecule has 0 radical (unpaired) electrons. The number of nitrogens with zero attached hydrogens (tertiary/aromatic N) is 1. The van der Waals surface area contributed by atoms with Crippen molar-refractivity contribution in [3.8, 4) is 0 Å². The van der Waals surface area contributed by atoms with Gasteiger partial charge in [0.1, 0.15) is 0 Å². The summed E-state index contributed by atoms with van der Waals surface area (Å²) < 4.78 is 23.3. The maximum absolute atomic E-state index is 11.7. The van der Waals surface area contributed by atoms with Gasteiger partial charge in [0, 0.05) is 31.6 Å². The molecular weight excluding hydrogens is 479 g/mol. The van der Waals surface area contributed by atoms with Crippen LogP contribution in [0.2, 0.25) is 0 Å². The fraction of sp³-hybridized carbons (Fsp3) is 0.889. The van der Waals surface area contributed by atoms with E-state index in [1.807, 2.05) is 0 Å². The Bertz CT molecular complexity index is 631.